The van der Waals surface area contributed by atoms with Crippen molar-refractivity contribution in [1.29, 1.82) is 0 Å². The van der Waals surface area contributed by atoms with E-state index >= 15 is 0 Å². The van der Waals surface area contributed by atoms with Crippen LogP contribution in [0.3, 0.4) is 0 Å². The fourth-order valence-electron chi connectivity index (χ4n) is 3.25. The molecule has 0 saturated carbocycles. The number of guanidine groups is 1. The summed E-state index contributed by atoms with van der Waals surface area (Å²) in [6.07, 6.45) is 0.0211. The Balaban J connectivity index is 1.50. The van der Waals surface area contributed by atoms with Gasteiger partial charge >= 0.3 is 0 Å². The van der Waals surface area contributed by atoms with Crippen LogP contribution in [0.2, 0.25) is 0 Å². The molecular weight excluding hydrogens is 354 g/mol. The smallest absolute Gasteiger partial charge is 0.194 e. The molecule has 2 aromatic rings. The van der Waals surface area contributed by atoms with E-state index in [1.165, 1.54) is 0 Å². The molecule has 1 unspecified atom stereocenters. The number of nitrogens with one attached hydrogen (secondary N) is 1. The second-order valence-corrected chi connectivity index (χ2v) is 7.13. The molecular formula is C21H31N5O2. The van der Waals surface area contributed by atoms with Crippen molar-refractivity contribution >= 4 is 5.96 Å². The van der Waals surface area contributed by atoms with Crippen LogP contribution < -0.4 is 10.1 Å². The van der Waals surface area contributed by atoms with E-state index in [9.17, 15) is 0 Å². The average Bonchev–Trinajstić information content (AvgIpc) is 3.11. The van der Waals surface area contributed by atoms with Gasteiger partial charge < -0.3 is 19.5 Å². The van der Waals surface area contributed by atoms with Crippen molar-refractivity contribution in [3.05, 3.63) is 47.9 Å². The number of hydrogen-bond acceptors (Lipinski definition) is 5. The van der Waals surface area contributed by atoms with Crippen LogP contribution in [0.25, 0.3) is 0 Å². The molecule has 2 heterocycles. The highest BCUT2D eigenvalue weighted by atomic mass is 16.5. The molecule has 1 aromatic heterocycles. The van der Waals surface area contributed by atoms with E-state index in [1.807, 2.05) is 43.3 Å². The number of ether oxygens (including phenoxy) is 1. The number of hydrogen-bond donors (Lipinski definition) is 1. The third kappa shape index (κ3) is 5.99. The minimum atomic E-state index is 0.0211. The van der Waals surface area contributed by atoms with Crippen LogP contribution in [0.5, 0.6) is 5.75 Å². The topological polar surface area (TPSA) is 66.1 Å². The highest BCUT2D eigenvalue weighted by molar-refractivity contribution is 5.80. The van der Waals surface area contributed by atoms with Crippen LogP contribution in [0, 0.1) is 6.92 Å². The lowest BCUT2D eigenvalue weighted by molar-refractivity contribution is 0.168. The third-order valence-electron chi connectivity index (χ3n) is 4.65. The van der Waals surface area contributed by atoms with Crippen molar-refractivity contribution in [2.75, 3.05) is 39.3 Å². The summed E-state index contributed by atoms with van der Waals surface area (Å²) in [6, 6.07) is 11.9. The fourth-order valence-corrected chi connectivity index (χ4v) is 3.25. The zero-order valence-corrected chi connectivity index (χ0v) is 17.1. The van der Waals surface area contributed by atoms with Gasteiger partial charge in [-0.25, -0.2) is 4.99 Å². The standard InChI is InChI=1S/C21H31N5O2/c1-4-22-21(23-15-18(3)27-20-8-6-5-7-9-20)26-12-10-25(11-13-26)16-19-14-17(2)28-24-19/h5-9,14,18H,4,10-13,15-16H2,1-3H3,(H,22,23). The first kappa shape index (κ1) is 20.2. The molecule has 3 rings (SSSR count). The molecule has 0 aliphatic carbocycles. The Hall–Kier alpha value is -2.54. The summed E-state index contributed by atoms with van der Waals surface area (Å²) in [5.74, 6) is 2.71. The number of nitrogens with zero attached hydrogens (tertiary/aromatic N) is 4. The Labute approximate surface area is 167 Å². The Kier molecular flexibility index (Phi) is 7.31. The predicted molar refractivity (Wildman–Crippen MR) is 111 cm³/mol. The van der Waals surface area contributed by atoms with Crippen LogP contribution in [0.4, 0.5) is 0 Å². The van der Waals surface area contributed by atoms with Gasteiger partial charge in [0.2, 0.25) is 0 Å². The lowest BCUT2D eigenvalue weighted by Gasteiger charge is -2.36. The van der Waals surface area contributed by atoms with Gasteiger partial charge in [0.25, 0.3) is 0 Å². The van der Waals surface area contributed by atoms with E-state index in [2.05, 4.69) is 34.1 Å². The van der Waals surface area contributed by atoms with E-state index < -0.39 is 0 Å². The van der Waals surface area contributed by atoms with Gasteiger partial charge in [0.15, 0.2) is 5.96 Å². The molecule has 1 aromatic carbocycles. The maximum absolute atomic E-state index is 5.94. The molecule has 152 valence electrons. The van der Waals surface area contributed by atoms with Crippen LogP contribution >= 0.6 is 0 Å². The van der Waals surface area contributed by atoms with E-state index in [-0.39, 0.29) is 6.10 Å². The molecule has 1 aliphatic rings. The van der Waals surface area contributed by atoms with Gasteiger partial charge in [-0.1, -0.05) is 23.4 Å². The predicted octanol–water partition coefficient (Wildman–Crippen LogP) is 2.53. The van der Waals surface area contributed by atoms with Crippen LogP contribution in [0.1, 0.15) is 25.3 Å². The number of benzene rings is 1. The first-order valence-corrected chi connectivity index (χ1v) is 10.0. The van der Waals surface area contributed by atoms with Gasteiger partial charge in [0.05, 0.1) is 12.2 Å². The van der Waals surface area contributed by atoms with Crippen LogP contribution in [-0.2, 0) is 6.54 Å². The number of piperazine rings is 1. The van der Waals surface area contributed by atoms with Gasteiger partial charge in [-0.15, -0.1) is 0 Å². The van der Waals surface area contributed by atoms with E-state index in [1.54, 1.807) is 0 Å². The molecule has 7 nitrogen and oxygen atoms in total. The summed E-state index contributed by atoms with van der Waals surface area (Å²) in [7, 11) is 0. The van der Waals surface area contributed by atoms with Crippen molar-refractivity contribution in [3.63, 3.8) is 0 Å². The number of aryl methyl sites for hydroxylation is 1. The zero-order chi connectivity index (χ0) is 19.8. The number of aliphatic imine (C=N–C) groups is 1. The summed E-state index contributed by atoms with van der Waals surface area (Å²) < 4.78 is 11.1. The highest BCUT2D eigenvalue weighted by Gasteiger charge is 2.20. The average molecular weight is 386 g/mol. The second kappa shape index (κ2) is 10.1. The molecule has 0 radical (unpaired) electrons. The van der Waals surface area contributed by atoms with Crippen LogP contribution in [-0.4, -0.2) is 66.3 Å². The number of para-hydroxylation sites is 1. The van der Waals surface area contributed by atoms with Crippen LogP contribution in [0.15, 0.2) is 45.9 Å². The minimum absolute atomic E-state index is 0.0211. The summed E-state index contributed by atoms with van der Waals surface area (Å²) in [5, 5.41) is 7.51. The van der Waals surface area contributed by atoms with E-state index in [4.69, 9.17) is 14.3 Å². The van der Waals surface area contributed by atoms with E-state index in [0.29, 0.717) is 6.54 Å². The fraction of sp³-hybridized carbons (Fsp3) is 0.524. The molecule has 1 atom stereocenters. The first-order valence-electron chi connectivity index (χ1n) is 10.0. The van der Waals surface area contributed by atoms with E-state index in [0.717, 1.165) is 62.4 Å². The maximum Gasteiger partial charge on any atom is 0.194 e. The van der Waals surface area contributed by atoms with Gasteiger partial charge in [0, 0.05) is 45.3 Å². The Morgan fingerprint density at radius 2 is 2.00 bits per heavy atom. The minimum Gasteiger partial charge on any atom is -0.489 e. The Bertz CT molecular complexity index is 738. The van der Waals surface area contributed by atoms with Gasteiger partial charge in [0.1, 0.15) is 17.6 Å². The van der Waals surface area contributed by atoms with Crippen molar-refractivity contribution in [3.8, 4) is 5.75 Å². The lowest BCUT2D eigenvalue weighted by Crippen LogP contribution is -2.52. The molecule has 0 bridgehead atoms. The van der Waals surface area contributed by atoms with Crippen molar-refractivity contribution in [2.45, 2.75) is 33.4 Å². The monoisotopic (exact) mass is 385 g/mol. The largest absolute Gasteiger partial charge is 0.489 e. The molecule has 0 spiro atoms. The van der Waals surface area contributed by atoms with Crippen molar-refractivity contribution < 1.29 is 9.26 Å². The van der Waals surface area contributed by atoms with Gasteiger partial charge in [-0.3, -0.25) is 4.90 Å². The summed E-state index contributed by atoms with van der Waals surface area (Å²) in [6.45, 7) is 12.2. The third-order valence-corrected chi connectivity index (χ3v) is 4.65. The second-order valence-electron chi connectivity index (χ2n) is 7.13. The maximum atomic E-state index is 5.94. The van der Waals surface area contributed by atoms with Crippen molar-refractivity contribution in [1.82, 2.24) is 20.3 Å². The molecule has 1 N–H and O–H groups in total. The summed E-state index contributed by atoms with van der Waals surface area (Å²) in [4.78, 5) is 9.53. The zero-order valence-electron chi connectivity index (χ0n) is 17.1. The highest BCUT2D eigenvalue weighted by Crippen LogP contribution is 2.12. The normalized spacial score (nSPS) is 16.8. The number of aromatic nitrogens is 1. The molecule has 7 heteroatoms. The molecule has 28 heavy (non-hydrogen) atoms. The SMILES string of the molecule is CCNC(=NCC(C)Oc1ccccc1)N1CCN(Cc2cc(C)on2)CC1. The Morgan fingerprint density at radius 1 is 1.25 bits per heavy atom. The molecule has 1 aliphatic heterocycles. The molecule has 1 saturated heterocycles. The summed E-state index contributed by atoms with van der Waals surface area (Å²) in [5.41, 5.74) is 0.999. The molecule has 0 amide bonds. The van der Waals surface area contributed by atoms with Crippen molar-refractivity contribution in [2.24, 2.45) is 4.99 Å². The van der Waals surface area contributed by atoms with Gasteiger partial charge in [-0.2, -0.15) is 0 Å². The number of rotatable bonds is 7. The first-order chi connectivity index (χ1) is 13.6. The van der Waals surface area contributed by atoms with Gasteiger partial charge in [-0.05, 0) is 32.9 Å². The lowest BCUT2D eigenvalue weighted by atomic mass is 10.3. The quantitative estimate of drug-likeness (QED) is 0.584. The summed E-state index contributed by atoms with van der Waals surface area (Å²) >= 11 is 0. The Morgan fingerprint density at radius 3 is 2.64 bits per heavy atom. The molecule has 1 fully saturated rings.